The van der Waals surface area contributed by atoms with Gasteiger partial charge in [0.05, 0.1) is 5.56 Å². The third kappa shape index (κ3) is 2.71. The number of rotatable bonds is 2. The SMILES string of the molecule is C[C@H]1CC[C@]2(C)C(C)(C)Oc3nc(C(C)(C)c4ccccc4)[nH]c(=O)c3[C@@]2(C)C1. The lowest BCUT2D eigenvalue weighted by molar-refractivity contribution is -0.124. The van der Waals surface area contributed by atoms with Crippen molar-refractivity contribution in [1.29, 1.82) is 0 Å². The molecule has 1 saturated carbocycles. The summed E-state index contributed by atoms with van der Waals surface area (Å²) in [5.74, 6) is 1.75. The molecular formula is C25H34N2O2. The predicted octanol–water partition coefficient (Wildman–Crippen LogP) is 5.35. The quantitative estimate of drug-likeness (QED) is 0.747. The molecule has 1 aliphatic carbocycles. The van der Waals surface area contributed by atoms with Gasteiger partial charge in [-0.05, 0) is 58.4 Å². The van der Waals surface area contributed by atoms with Crippen LogP contribution in [0.5, 0.6) is 5.88 Å². The first-order chi connectivity index (χ1) is 13.4. The molecule has 2 heterocycles. The van der Waals surface area contributed by atoms with Gasteiger partial charge in [-0.2, -0.15) is 4.98 Å². The second-order valence-corrected chi connectivity index (χ2v) is 10.7. The molecule has 3 atom stereocenters. The highest BCUT2D eigenvalue weighted by Gasteiger charge is 2.63. The number of nitrogens with one attached hydrogen (secondary N) is 1. The fourth-order valence-corrected chi connectivity index (χ4v) is 5.83. The Kier molecular flexibility index (Phi) is 4.31. The summed E-state index contributed by atoms with van der Waals surface area (Å²) < 4.78 is 6.51. The average molecular weight is 395 g/mol. The van der Waals surface area contributed by atoms with E-state index in [1.807, 2.05) is 18.2 Å². The number of aromatic amines is 1. The van der Waals surface area contributed by atoms with Crippen molar-refractivity contribution in [2.75, 3.05) is 0 Å². The minimum Gasteiger partial charge on any atom is -0.471 e. The van der Waals surface area contributed by atoms with Gasteiger partial charge in [0.1, 0.15) is 11.4 Å². The van der Waals surface area contributed by atoms with Crippen LogP contribution >= 0.6 is 0 Å². The fourth-order valence-electron chi connectivity index (χ4n) is 5.83. The molecule has 1 aliphatic heterocycles. The Morgan fingerprint density at radius 3 is 2.45 bits per heavy atom. The Morgan fingerprint density at radius 2 is 1.79 bits per heavy atom. The molecular weight excluding hydrogens is 360 g/mol. The molecule has 156 valence electrons. The van der Waals surface area contributed by atoms with Gasteiger partial charge in [0.2, 0.25) is 5.88 Å². The second kappa shape index (κ2) is 6.20. The van der Waals surface area contributed by atoms with E-state index >= 15 is 0 Å². The molecule has 29 heavy (non-hydrogen) atoms. The van der Waals surface area contributed by atoms with Gasteiger partial charge in [-0.15, -0.1) is 0 Å². The molecule has 4 heteroatoms. The lowest BCUT2D eigenvalue weighted by Gasteiger charge is -2.61. The number of hydrogen-bond acceptors (Lipinski definition) is 3. The van der Waals surface area contributed by atoms with Crippen molar-refractivity contribution < 1.29 is 4.74 Å². The van der Waals surface area contributed by atoms with Gasteiger partial charge in [-0.1, -0.05) is 51.1 Å². The number of ether oxygens (including phenoxy) is 1. The number of fused-ring (bicyclic) bond motifs is 3. The predicted molar refractivity (Wildman–Crippen MR) is 117 cm³/mol. The van der Waals surface area contributed by atoms with Crippen LogP contribution in [0.4, 0.5) is 0 Å². The zero-order valence-electron chi connectivity index (χ0n) is 18.8. The molecule has 0 bridgehead atoms. The van der Waals surface area contributed by atoms with E-state index in [4.69, 9.17) is 9.72 Å². The Bertz CT molecular complexity index is 992. The molecule has 0 saturated heterocycles. The van der Waals surface area contributed by atoms with Crippen LogP contribution < -0.4 is 10.3 Å². The van der Waals surface area contributed by atoms with Gasteiger partial charge in [0.25, 0.3) is 5.56 Å². The highest BCUT2D eigenvalue weighted by molar-refractivity contribution is 5.42. The van der Waals surface area contributed by atoms with E-state index in [0.717, 1.165) is 24.0 Å². The molecule has 1 N–H and O–H groups in total. The summed E-state index contributed by atoms with van der Waals surface area (Å²) >= 11 is 0. The maximum Gasteiger partial charge on any atom is 0.258 e. The first-order valence-corrected chi connectivity index (χ1v) is 10.8. The van der Waals surface area contributed by atoms with Crippen LogP contribution in [0, 0.1) is 11.3 Å². The van der Waals surface area contributed by atoms with Crippen LogP contribution in [0.25, 0.3) is 0 Å². The average Bonchev–Trinajstić information content (AvgIpc) is 2.64. The van der Waals surface area contributed by atoms with Crippen molar-refractivity contribution in [3.63, 3.8) is 0 Å². The third-order valence-electron chi connectivity index (χ3n) is 8.32. The Balaban J connectivity index is 1.92. The maximum absolute atomic E-state index is 13.5. The van der Waals surface area contributed by atoms with E-state index in [1.54, 1.807) is 0 Å². The number of benzene rings is 1. The van der Waals surface area contributed by atoms with Gasteiger partial charge < -0.3 is 9.72 Å². The minimum absolute atomic E-state index is 0.0488. The summed E-state index contributed by atoms with van der Waals surface area (Å²) in [6.45, 7) is 15.4. The van der Waals surface area contributed by atoms with Crippen molar-refractivity contribution in [3.05, 3.63) is 57.6 Å². The minimum atomic E-state index is -0.426. The summed E-state index contributed by atoms with van der Waals surface area (Å²) in [7, 11) is 0. The largest absolute Gasteiger partial charge is 0.471 e. The molecule has 0 radical (unpaired) electrons. The van der Waals surface area contributed by atoms with Gasteiger partial charge in [0, 0.05) is 16.2 Å². The molecule has 1 aromatic carbocycles. The van der Waals surface area contributed by atoms with Crippen LogP contribution in [-0.2, 0) is 10.8 Å². The molecule has 0 unspecified atom stereocenters. The molecule has 0 amide bonds. The van der Waals surface area contributed by atoms with Crippen molar-refractivity contribution in [2.45, 2.75) is 84.2 Å². The van der Waals surface area contributed by atoms with Crippen molar-refractivity contribution in [3.8, 4) is 5.88 Å². The maximum atomic E-state index is 13.5. The summed E-state index contributed by atoms with van der Waals surface area (Å²) in [5.41, 5.74) is 0.586. The molecule has 4 nitrogen and oxygen atoms in total. The number of nitrogens with zero attached hydrogens (tertiary/aromatic N) is 1. The summed E-state index contributed by atoms with van der Waals surface area (Å²) in [5, 5.41) is 0. The van der Waals surface area contributed by atoms with Crippen LogP contribution in [-0.4, -0.2) is 15.6 Å². The summed E-state index contributed by atoms with van der Waals surface area (Å²) in [4.78, 5) is 21.6. The first-order valence-electron chi connectivity index (χ1n) is 10.8. The molecule has 2 aromatic rings. The van der Waals surface area contributed by atoms with Crippen LogP contribution in [0.15, 0.2) is 35.1 Å². The van der Waals surface area contributed by atoms with Crippen LogP contribution in [0.2, 0.25) is 0 Å². The molecule has 1 aromatic heterocycles. The van der Waals surface area contributed by atoms with E-state index in [9.17, 15) is 4.79 Å². The highest BCUT2D eigenvalue weighted by atomic mass is 16.5. The lowest BCUT2D eigenvalue weighted by Crippen LogP contribution is -2.64. The molecule has 4 rings (SSSR count). The molecule has 0 spiro atoms. The normalized spacial score (nSPS) is 30.8. The van der Waals surface area contributed by atoms with E-state index in [0.29, 0.717) is 17.6 Å². The standard InChI is InChI=1S/C25H34N2O2/c1-16-13-14-25(7)23(4,5)29-20-18(24(25,6)15-16)19(28)26-21(27-20)22(2,3)17-11-9-8-10-12-17/h8-12,16H,13-15H2,1-7H3,(H,26,27,28)/t16-,24+,25+/m0/s1. The summed E-state index contributed by atoms with van der Waals surface area (Å²) in [6.07, 6.45) is 3.20. The Morgan fingerprint density at radius 1 is 1.14 bits per heavy atom. The smallest absolute Gasteiger partial charge is 0.258 e. The molecule has 1 fully saturated rings. The summed E-state index contributed by atoms with van der Waals surface area (Å²) in [6, 6.07) is 10.2. The van der Waals surface area contributed by atoms with Gasteiger partial charge in [0.15, 0.2) is 0 Å². The number of H-pyrrole nitrogens is 1. The van der Waals surface area contributed by atoms with Crippen molar-refractivity contribution >= 4 is 0 Å². The first kappa shape index (κ1) is 20.2. The van der Waals surface area contributed by atoms with Gasteiger partial charge >= 0.3 is 0 Å². The van der Waals surface area contributed by atoms with Crippen molar-refractivity contribution in [2.24, 2.45) is 11.3 Å². The van der Waals surface area contributed by atoms with E-state index in [1.165, 1.54) is 6.42 Å². The number of hydrogen-bond donors (Lipinski definition) is 1. The second-order valence-electron chi connectivity index (χ2n) is 10.7. The fraction of sp³-hybridized carbons (Fsp3) is 0.600. The molecule has 2 aliphatic rings. The van der Waals surface area contributed by atoms with E-state index in [-0.39, 0.29) is 16.4 Å². The zero-order valence-corrected chi connectivity index (χ0v) is 18.8. The topological polar surface area (TPSA) is 55.0 Å². The Hall–Kier alpha value is -2.10. The van der Waals surface area contributed by atoms with Crippen LogP contribution in [0.1, 0.15) is 84.7 Å². The monoisotopic (exact) mass is 394 g/mol. The van der Waals surface area contributed by atoms with Crippen molar-refractivity contribution in [1.82, 2.24) is 9.97 Å². The van der Waals surface area contributed by atoms with Crippen LogP contribution in [0.3, 0.4) is 0 Å². The van der Waals surface area contributed by atoms with Gasteiger partial charge in [-0.25, -0.2) is 0 Å². The van der Waals surface area contributed by atoms with E-state index in [2.05, 4.69) is 65.6 Å². The zero-order chi connectivity index (χ0) is 21.2. The third-order valence-corrected chi connectivity index (χ3v) is 8.32. The number of aromatic nitrogens is 2. The van der Waals surface area contributed by atoms with Gasteiger partial charge in [-0.3, -0.25) is 4.79 Å². The Labute approximate surface area is 174 Å². The lowest BCUT2D eigenvalue weighted by atomic mass is 9.47. The highest BCUT2D eigenvalue weighted by Crippen LogP contribution is 2.62. The van der Waals surface area contributed by atoms with E-state index < -0.39 is 11.0 Å².